The van der Waals surface area contributed by atoms with E-state index in [0.29, 0.717) is 50.7 Å². The lowest BCUT2D eigenvalue weighted by atomic mass is 9.59. The smallest absolute Gasteiger partial charge is 0.312 e. The molecule has 2 saturated heterocycles. The van der Waals surface area contributed by atoms with Crippen molar-refractivity contribution in [3.05, 3.63) is 99.6 Å². The van der Waals surface area contributed by atoms with Crippen LogP contribution in [0.2, 0.25) is 0 Å². The maximum Gasteiger partial charge on any atom is 0.312 e. The standard InChI is InChI=1S/C51H64FN9O9S/c1-32(2)37-7-5-6-8-38(37)43-31-58(21-22-62)19-20-60(43)35-26-51(27-35)15-17-59(18-16-51)34-9-10-39(44(23-34)70-45-25-40-41(52)30-55-46(40)56-49(45)69-4)48(63)57-71(67,68)36-24-42(61(65)66)47(54-29-36)53-28-33-11-13-50(3,64)14-12-33/h5-10,23-25,29-30,32-33,35,43,62,64H,11-22,26-28,31H2,1-4H3,(H,53,54)(H,55,56)(H,57,63)/t33?,43-,50?/m0/s1. The molecule has 3 aromatic heterocycles. The predicted octanol–water partition coefficient (Wildman–Crippen LogP) is 7.50. The molecule has 0 bridgehead atoms. The molecule has 1 amide bonds. The number of carbonyl (C=O) groups excluding carboxylic acids is 1. The first-order chi connectivity index (χ1) is 33.9. The largest absolute Gasteiger partial charge is 0.478 e. The van der Waals surface area contributed by atoms with E-state index in [9.17, 15) is 37.9 Å². The van der Waals surface area contributed by atoms with Crippen molar-refractivity contribution in [3.63, 3.8) is 0 Å². The molecule has 5 heterocycles. The van der Waals surface area contributed by atoms with Crippen LogP contribution in [0.5, 0.6) is 17.4 Å². The van der Waals surface area contributed by atoms with E-state index in [0.717, 1.165) is 82.6 Å². The van der Waals surface area contributed by atoms with E-state index < -0.39 is 42.9 Å². The third-order valence-electron chi connectivity index (χ3n) is 15.4. The zero-order valence-electron chi connectivity index (χ0n) is 40.7. The Morgan fingerprint density at radius 3 is 2.49 bits per heavy atom. The number of carbonyl (C=O) groups is 1. The number of anilines is 2. The highest BCUT2D eigenvalue weighted by atomic mass is 32.2. The molecule has 5 aromatic rings. The number of halogens is 1. The van der Waals surface area contributed by atoms with Gasteiger partial charge in [0.1, 0.15) is 22.1 Å². The van der Waals surface area contributed by atoms with E-state index in [1.807, 2.05) is 4.72 Å². The van der Waals surface area contributed by atoms with E-state index in [4.69, 9.17) is 9.47 Å². The molecule has 2 aliphatic carbocycles. The maximum absolute atomic E-state index is 14.9. The zero-order chi connectivity index (χ0) is 50.2. The summed E-state index contributed by atoms with van der Waals surface area (Å²) in [7, 11) is -3.37. The number of hydrogen-bond acceptors (Lipinski definition) is 15. The average Bonchev–Trinajstić information content (AvgIpc) is 3.70. The quantitative estimate of drug-likeness (QED) is 0.0476. The number of sulfonamides is 1. The van der Waals surface area contributed by atoms with Crippen LogP contribution in [0.3, 0.4) is 0 Å². The Kier molecular flexibility index (Phi) is 14.3. The number of piperidine rings is 1. The van der Waals surface area contributed by atoms with Crippen molar-refractivity contribution in [1.29, 1.82) is 0 Å². The van der Waals surface area contributed by atoms with Crippen molar-refractivity contribution in [2.45, 2.75) is 101 Å². The minimum atomic E-state index is -4.74. The van der Waals surface area contributed by atoms with Gasteiger partial charge in [-0.15, -0.1) is 0 Å². The van der Waals surface area contributed by atoms with Crippen molar-refractivity contribution < 1.29 is 42.2 Å². The van der Waals surface area contributed by atoms with Crippen LogP contribution in [0.1, 0.15) is 106 Å². The number of β-amino-alcohol motifs (C(OH)–C–C–N with tert-alkyl or cyclic N) is 1. The Balaban J connectivity index is 0.929. The minimum Gasteiger partial charge on any atom is -0.478 e. The van der Waals surface area contributed by atoms with Gasteiger partial charge >= 0.3 is 5.69 Å². The second-order valence-electron chi connectivity index (χ2n) is 20.5. The van der Waals surface area contributed by atoms with Gasteiger partial charge in [-0.05, 0) is 98.8 Å². The van der Waals surface area contributed by atoms with E-state index >= 15 is 0 Å². The number of nitrogens with one attached hydrogen (secondary N) is 3. The number of aliphatic hydroxyl groups is 2. The molecule has 380 valence electrons. The molecule has 20 heteroatoms. The summed E-state index contributed by atoms with van der Waals surface area (Å²) in [6, 6.07) is 16.5. The van der Waals surface area contributed by atoms with Gasteiger partial charge in [-0.25, -0.2) is 22.5 Å². The number of rotatable bonds is 16. The van der Waals surface area contributed by atoms with Crippen LogP contribution in [0.25, 0.3) is 11.0 Å². The molecule has 5 N–H and O–H groups in total. The molecule has 1 spiro atoms. The van der Waals surface area contributed by atoms with Crippen LogP contribution in [-0.2, 0) is 10.0 Å². The third-order valence-corrected chi connectivity index (χ3v) is 16.7. The SMILES string of the molecule is COc1nc2[nH]cc(F)c2cc1Oc1cc(N2CCC3(CC2)CC(N2CCN(CCO)C[C@H]2c2ccccc2C(C)C)C3)ccc1C(=O)NS(=O)(=O)c1cnc(NCC2CCC(C)(O)CC2)c([N+](=O)[O-])c1. The van der Waals surface area contributed by atoms with Crippen molar-refractivity contribution in [2.24, 2.45) is 11.3 Å². The number of aromatic amines is 1. The van der Waals surface area contributed by atoms with E-state index in [-0.39, 0.29) is 63.8 Å². The Hall–Kier alpha value is -5.93. The Bertz CT molecular complexity index is 2870. The van der Waals surface area contributed by atoms with Gasteiger partial charge in [0.25, 0.3) is 21.8 Å². The molecule has 0 unspecified atom stereocenters. The number of piperazine rings is 1. The van der Waals surface area contributed by atoms with Crippen LogP contribution < -0.4 is 24.4 Å². The average molecular weight is 998 g/mol. The molecule has 4 fully saturated rings. The topological polar surface area (TPSA) is 229 Å². The number of ether oxygens (including phenoxy) is 2. The predicted molar refractivity (Wildman–Crippen MR) is 266 cm³/mol. The molecule has 2 aromatic carbocycles. The lowest BCUT2D eigenvalue weighted by molar-refractivity contribution is -0.384. The summed E-state index contributed by atoms with van der Waals surface area (Å²) in [5.74, 6) is -1.39. The van der Waals surface area contributed by atoms with Crippen LogP contribution in [0, 0.1) is 27.3 Å². The van der Waals surface area contributed by atoms with Crippen LogP contribution in [-0.4, -0.2) is 125 Å². The molecule has 1 atom stereocenters. The number of aromatic nitrogens is 3. The number of hydrogen-bond donors (Lipinski definition) is 5. The lowest BCUT2D eigenvalue weighted by Gasteiger charge is -2.58. The van der Waals surface area contributed by atoms with Crippen molar-refractivity contribution >= 4 is 44.2 Å². The first kappa shape index (κ1) is 50.0. The van der Waals surface area contributed by atoms with Gasteiger partial charge in [0.2, 0.25) is 5.82 Å². The maximum atomic E-state index is 14.9. The lowest BCUT2D eigenvalue weighted by Crippen LogP contribution is -2.60. The van der Waals surface area contributed by atoms with Gasteiger partial charge in [-0.2, -0.15) is 4.98 Å². The number of pyridine rings is 2. The van der Waals surface area contributed by atoms with E-state index in [1.54, 1.807) is 19.1 Å². The van der Waals surface area contributed by atoms with Crippen molar-refractivity contribution in [3.8, 4) is 17.4 Å². The first-order valence-electron chi connectivity index (χ1n) is 24.6. The van der Waals surface area contributed by atoms with Crippen LogP contribution in [0.15, 0.2) is 71.9 Å². The number of methoxy groups -OCH3 is 1. The summed E-state index contributed by atoms with van der Waals surface area (Å²) < 4.78 is 56.4. The number of nitro groups is 1. The van der Waals surface area contributed by atoms with Crippen molar-refractivity contribution in [2.75, 3.05) is 69.7 Å². The second-order valence-corrected chi connectivity index (χ2v) is 22.2. The Morgan fingerprint density at radius 1 is 1.04 bits per heavy atom. The van der Waals surface area contributed by atoms with Gasteiger partial charge in [0, 0.05) is 88.0 Å². The summed E-state index contributed by atoms with van der Waals surface area (Å²) in [6.07, 6.45) is 8.74. The highest BCUT2D eigenvalue weighted by Gasteiger charge is 2.50. The molecular weight excluding hydrogens is 934 g/mol. The molecule has 0 radical (unpaired) electrons. The van der Waals surface area contributed by atoms with E-state index in [2.05, 4.69) is 73.1 Å². The molecule has 9 rings (SSSR count). The monoisotopic (exact) mass is 997 g/mol. The fourth-order valence-corrected chi connectivity index (χ4v) is 12.1. The number of amides is 1. The van der Waals surface area contributed by atoms with Gasteiger partial charge in [-0.3, -0.25) is 24.7 Å². The summed E-state index contributed by atoms with van der Waals surface area (Å²) >= 11 is 0. The van der Waals surface area contributed by atoms with Crippen LogP contribution in [0.4, 0.5) is 21.6 Å². The number of fused-ring (bicyclic) bond motifs is 1. The summed E-state index contributed by atoms with van der Waals surface area (Å²) in [5.41, 5.74) is 2.30. The molecule has 71 heavy (non-hydrogen) atoms. The van der Waals surface area contributed by atoms with Gasteiger partial charge in [0.05, 0.1) is 41.4 Å². The second kappa shape index (κ2) is 20.3. The third kappa shape index (κ3) is 10.7. The molecule has 4 aliphatic rings. The van der Waals surface area contributed by atoms with Gasteiger partial charge in [0.15, 0.2) is 5.75 Å². The fraction of sp³-hybridized carbons (Fsp3) is 0.510. The Morgan fingerprint density at radius 2 is 1.79 bits per heavy atom. The molecule has 18 nitrogen and oxygen atoms in total. The van der Waals surface area contributed by atoms with Crippen molar-refractivity contribution in [1.82, 2.24) is 29.5 Å². The van der Waals surface area contributed by atoms with Crippen LogP contribution >= 0.6 is 0 Å². The molecular formula is C51H64FN9O9S. The molecule has 2 saturated carbocycles. The zero-order valence-corrected chi connectivity index (χ0v) is 41.5. The summed E-state index contributed by atoms with van der Waals surface area (Å²) in [4.78, 5) is 43.5. The normalized spacial score (nSPS) is 22.1. The Labute approximate surface area is 413 Å². The summed E-state index contributed by atoms with van der Waals surface area (Å²) in [6.45, 7) is 11.6. The number of aliphatic hydroxyl groups excluding tert-OH is 1. The number of H-pyrrole nitrogens is 1. The summed E-state index contributed by atoms with van der Waals surface area (Å²) in [5, 5.41) is 35.4. The van der Waals surface area contributed by atoms with Gasteiger partial charge < -0.3 is 34.9 Å². The number of benzene rings is 2. The van der Waals surface area contributed by atoms with E-state index in [1.165, 1.54) is 30.4 Å². The highest BCUT2D eigenvalue weighted by Crippen LogP contribution is 2.53. The van der Waals surface area contributed by atoms with Gasteiger partial charge in [-0.1, -0.05) is 38.1 Å². The minimum absolute atomic E-state index is 0.0182. The highest BCUT2D eigenvalue weighted by molar-refractivity contribution is 7.90. The molecule has 2 aliphatic heterocycles. The first-order valence-corrected chi connectivity index (χ1v) is 26.1. The fourth-order valence-electron chi connectivity index (χ4n) is 11.2. The number of nitrogens with zero attached hydrogens (tertiary/aromatic N) is 6.